The number of carbonyl (C=O) groups is 1. The van der Waals surface area contributed by atoms with Crippen LogP contribution in [-0.2, 0) is 6.54 Å². The molecule has 2 rings (SSSR count). The standard InChI is InChI=1S/C18H20ClN3O3/c1-18(2,3)21-17(23)12-8-9-15(16(10-12)22(24)25)20-11-13-6-4-5-7-14(13)19/h4-10,20H,11H2,1-3H3,(H,21,23). The molecule has 0 bridgehead atoms. The van der Waals surface area contributed by atoms with Gasteiger partial charge in [-0.1, -0.05) is 29.8 Å². The van der Waals surface area contributed by atoms with Crippen molar-refractivity contribution in [2.75, 3.05) is 5.32 Å². The minimum Gasteiger partial charge on any atom is -0.375 e. The highest BCUT2D eigenvalue weighted by molar-refractivity contribution is 6.31. The number of nitrogens with one attached hydrogen (secondary N) is 2. The Morgan fingerprint density at radius 1 is 1.20 bits per heavy atom. The molecule has 0 unspecified atom stereocenters. The van der Waals surface area contributed by atoms with Gasteiger partial charge in [-0.2, -0.15) is 0 Å². The van der Waals surface area contributed by atoms with Crippen LogP contribution in [-0.4, -0.2) is 16.4 Å². The van der Waals surface area contributed by atoms with Gasteiger partial charge in [0.15, 0.2) is 0 Å². The first-order chi connectivity index (χ1) is 11.7. The van der Waals surface area contributed by atoms with Crippen molar-refractivity contribution in [2.45, 2.75) is 32.9 Å². The molecule has 0 atom stereocenters. The maximum absolute atomic E-state index is 12.2. The second-order valence-corrected chi connectivity index (χ2v) is 7.05. The van der Waals surface area contributed by atoms with Crippen molar-refractivity contribution in [3.8, 4) is 0 Å². The molecule has 25 heavy (non-hydrogen) atoms. The van der Waals surface area contributed by atoms with Crippen molar-refractivity contribution >= 4 is 28.9 Å². The van der Waals surface area contributed by atoms with Crippen LogP contribution in [0.15, 0.2) is 42.5 Å². The van der Waals surface area contributed by atoms with E-state index in [1.807, 2.05) is 39.0 Å². The lowest BCUT2D eigenvalue weighted by molar-refractivity contribution is -0.384. The second-order valence-electron chi connectivity index (χ2n) is 6.64. The van der Waals surface area contributed by atoms with E-state index in [2.05, 4.69) is 10.6 Å². The van der Waals surface area contributed by atoms with Crippen molar-refractivity contribution in [3.05, 3.63) is 68.7 Å². The van der Waals surface area contributed by atoms with Gasteiger partial charge in [0.2, 0.25) is 0 Å². The van der Waals surface area contributed by atoms with Gasteiger partial charge in [-0.3, -0.25) is 14.9 Å². The summed E-state index contributed by atoms with van der Waals surface area (Å²) in [6, 6.07) is 11.6. The molecule has 7 heteroatoms. The predicted molar refractivity (Wildman–Crippen MR) is 99.1 cm³/mol. The molecule has 0 saturated heterocycles. The Labute approximate surface area is 151 Å². The Hall–Kier alpha value is -2.60. The lowest BCUT2D eigenvalue weighted by atomic mass is 10.1. The molecule has 6 nitrogen and oxygen atoms in total. The van der Waals surface area contributed by atoms with E-state index in [4.69, 9.17) is 11.6 Å². The maximum atomic E-state index is 12.2. The highest BCUT2D eigenvalue weighted by atomic mass is 35.5. The van der Waals surface area contributed by atoms with Crippen LogP contribution < -0.4 is 10.6 Å². The molecule has 2 aromatic rings. The number of carbonyl (C=O) groups excluding carboxylic acids is 1. The van der Waals surface area contributed by atoms with E-state index >= 15 is 0 Å². The molecule has 0 heterocycles. The average Bonchev–Trinajstić information content (AvgIpc) is 2.52. The predicted octanol–water partition coefficient (Wildman–Crippen LogP) is 4.39. The molecule has 0 fully saturated rings. The Balaban J connectivity index is 2.23. The zero-order chi connectivity index (χ0) is 18.6. The van der Waals surface area contributed by atoms with Crippen LogP contribution >= 0.6 is 11.6 Å². The van der Waals surface area contributed by atoms with E-state index < -0.39 is 10.5 Å². The van der Waals surface area contributed by atoms with E-state index in [1.54, 1.807) is 12.1 Å². The van der Waals surface area contributed by atoms with Gasteiger partial charge >= 0.3 is 0 Å². The largest absolute Gasteiger partial charge is 0.375 e. The highest BCUT2D eigenvalue weighted by Crippen LogP contribution is 2.27. The Morgan fingerprint density at radius 2 is 1.88 bits per heavy atom. The summed E-state index contributed by atoms with van der Waals surface area (Å²) in [5.41, 5.74) is 0.816. The number of benzene rings is 2. The fourth-order valence-electron chi connectivity index (χ4n) is 2.22. The van der Waals surface area contributed by atoms with Crippen molar-refractivity contribution in [3.63, 3.8) is 0 Å². The van der Waals surface area contributed by atoms with Gasteiger partial charge in [-0.05, 0) is 44.5 Å². The van der Waals surface area contributed by atoms with Crippen molar-refractivity contribution < 1.29 is 9.72 Å². The molecule has 2 N–H and O–H groups in total. The van der Waals surface area contributed by atoms with Crippen molar-refractivity contribution in [2.24, 2.45) is 0 Å². The van der Waals surface area contributed by atoms with Crippen LogP contribution in [0, 0.1) is 10.1 Å². The topological polar surface area (TPSA) is 84.3 Å². The van der Waals surface area contributed by atoms with E-state index in [0.29, 0.717) is 17.3 Å². The Morgan fingerprint density at radius 3 is 2.48 bits per heavy atom. The third kappa shape index (κ3) is 5.19. The molecule has 1 amide bonds. The molecule has 0 aliphatic heterocycles. The Bertz CT molecular complexity index is 800. The monoisotopic (exact) mass is 361 g/mol. The normalized spacial score (nSPS) is 11.0. The summed E-state index contributed by atoms with van der Waals surface area (Å²) in [5, 5.41) is 17.7. The smallest absolute Gasteiger partial charge is 0.293 e. The van der Waals surface area contributed by atoms with Gasteiger partial charge < -0.3 is 10.6 Å². The minimum absolute atomic E-state index is 0.159. The molecular weight excluding hydrogens is 342 g/mol. The number of rotatable bonds is 5. The number of nitrogens with zero attached hydrogens (tertiary/aromatic N) is 1. The highest BCUT2D eigenvalue weighted by Gasteiger charge is 2.20. The molecule has 0 aliphatic rings. The third-order valence-corrected chi connectivity index (χ3v) is 3.74. The first-order valence-corrected chi connectivity index (χ1v) is 8.13. The number of hydrogen-bond acceptors (Lipinski definition) is 4. The number of nitro groups is 1. The van der Waals surface area contributed by atoms with Crippen LogP contribution in [0.2, 0.25) is 5.02 Å². The molecule has 0 saturated carbocycles. The molecule has 2 aromatic carbocycles. The fourth-order valence-corrected chi connectivity index (χ4v) is 2.42. The van der Waals surface area contributed by atoms with Gasteiger partial charge in [0, 0.05) is 28.7 Å². The maximum Gasteiger partial charge on any atom is 0.293 e. The minimum atomic E-state index is -0.511. The van der Waals surface area contributed by atoms with Crippen LogP contribution in [0.5, 0.6) is 0 Å². The number of nitro benzene ring substituents is 1. The van der Waals surface area contributed by atoms with E-state index in [-0.39, 0.29) is 17.2 Å². The van der Waals surface area contributed by atoms with Crippen LogP contribution in [0.1, 0.15) is 36.7 Å². The SMILES string of the molecule is CC(C)(C)NC(=O)c1ccc(NCc2ccccc2Cl)c([N+](=O)[O-])c1. The molecule has 0 aromatic heterocycles. The molecular formula is C18H20ClN3O3. The zero-order valence-corrected chi connectivity index (χ0v) is 15.1. The van der Waals surface area contributed by atoms with Crippen LogP contribution in [0.3, 0.4) is 0 Å². The van der Waals surface area contributed by atoms with E-state index in [0.717, 1.165) is 5.56 Å². The van der Waals surface area contributed by atoms with E-state index in [1.165, 1.54) is 12.1 Å². The lowest BCUT2D eigenvalue weighted by Crippen LogP contribution is -2.40. The average molecular weight is 362 g/mol. The van der Waals surface area contributed by atoms with Crippen molar-refractivity contribution in [1.82, 2.24) is 5.32 Å². The quantitative estimate of drug-likeness (QED) is 0.611. The Kier molecular flexibility index (Phi) is 5.64. The van der Waals surface area contributed by atoms with Gasteiger partial charge in [-0.15, -0.1) is 0 Å². The van der Waals surface area contributed by atoms with Gasteiger partial charge in [-0.25, -0.2) is 0 Å². The van der Waals surface area contributed by atoms with Crippen LogP contribution in [0.4, 0.5) is 11.4 Å². The molecule has 132 valence electrons. The first-order valence-electron chi connectivity index (χ1n) is 7.75. The summed E-state index contributed by atoms with van der Waals surface area (Å²) < 4.78 is 0. The second kappa shape index (κ2) is 7.53. The zero-order valence-electron chi connectivity index (χ0n) is 14.3. The van der Waals surface area contributed by atoms with Crippen LogP contribution in [0.25, 0.3) is 0 Å². The number of anilines is 1. The first kappa shape index (κ1) is 18.7. The summed E-state index contributed by atoms with van der Waals surface area (Å²) in [7, 11) is 0. The van der Waals surface area contributed by atoms with E-state index in [9.17, 15) is 14.9 Å². The summed E-state index contributed by atoms with van der Waals surface area (Å²) in [5.74, 6) is -0.353. The molecule has 0 aliphatic carbocycles. The van der Waals surface area contributed by atoms with Crippen molar-refractivity contribution in [1.29, 1.82) is 0 Å². The summed E-state index contributed by atoms with van der Waals surface area (Å²) in [4.78, 5) is 23.1. The lowest BCUT2D eigenvalue weighted by Gasteiger charge is -2.20. The number of halogens is 1. The van der Waals surface area contributed by atoms with Gasteiger partial charge in [0.25, 0.3) is 11.6 Å². The molecule has 0 spiro atoms. The fraction of sp³-hybridized carbons (Fsp3) is 0.278. The number of amides is 1. The summed E-state index contributed by atoms with van der Waals surface area (Å²) in [6.45, 7) is 5.88. The number of hydrogen-bond donors (Lipinski definition) is 2. The van der Waals surface area contributed by atoms with Gasteiger partial charge in [0.05, 0.1) is 4.92 Å². The third-order valence-electron chi connectivity index (χ3n) is 3.37. The van der Waals surface area contributed by atoms with Gasteiger partial charge in [0.1, 0.15) is 5.69 Å². The summed E-state index contributed by atoms with van der Waals surface area (Å²) >= 11 is 6.09. The summed E-state index contributed by atoms with van der Waals surface area (Å²) in [6.07, 6.45) is 0. The molecule has 0 radical (unpaired) electrons.